The van der Waals surface area contributed by atoms with Crippen LogP contribution >= 0.6 is 11.3 Å². The second-order valence-electron chi connectivity index (χ2n) is 4.85. The van der Waals surface area contributed by atoms with Gasteiger partial charge in [-0.15, -0.1) is 11.3 Å². The largest absolute Gasteiger partial charge is 0.312 e. The van der Waals surface area contributed by atoms with Gasteiger partial charge in [-0.2, -0.15) is 0 Å². The van der Waals surface area contributed by atoms with Gasteiger partial charge in [-0.1, -0.05) is 0 Å². The zero-order chi connectivity index (χ0) is 10.8. The Morgan fingerprint density at radius 3 is 3.19 bits per heavy atom. The Kier molecular flexibility index (Phi) is 3.22. The molecule has 0 aliphatic carbocycles. The topological polar surface area (TPSA) is 28.2 Å². The van der Waals surface area contributed by atoms with Crippen LogP contribution in [0.5, 0.6) is 0 Å². The summed E-state index contributed by atoms with van der Waals surface area (Å²) < 4.78 is 0. The lowest BCUT2D eigenvalue weighted by Gasteiger charge is -2.28. The van der Waals surface area contributed by atoms with Crippen molar-refractivity contribution in [3.63, 3.8) is 0 Å². The first-order valence-corrected chi connectivity index (χ1v) is 7.16. The predicted octanol–water partition coefficient (Wildman–Crippen LogP) is 1.86. The smallest absolute Gasteiger partial charge is 0.0794 e. The second-order valence-corrected chi connectivity index (χ2v) is 5.82. The van der Waals surface area contributed by atoms with Crippen molar-refractivity contribution in [1.82, 2.24) is 15.2 Å². The van der Waals surface area contributed by atoms with E-state index in [1.165, 1.54) is 43.6 Å². The van der Waals surface area contributed by atoms with Crippen molar-refractivity contribution in [2.75, 3.05) is 13.1 Å². The number of nitrogens with zero attached hydrogens (tertiary/aromatic N) is 2. The van der Waals surface area contributed by atoms with E-state index in [0.29, 0.717) is 0 Å². The third-order valence-electron chi connectivity index (χ3n) is 3.82. The second kappa shape index (κ2) is 4.82. The van der Waals surface area contributed by atoms with Crippen LogP contribution in [0.2, 0.25) is 0 Å². The molecule has 1 aromatic rings. The molecule has 2 saturated heterocycles. The van der Waals surface area contributed by atoms with Gasteiger partial charge in [-0.25, -0.2) is 0 Å². The van der Waals surface area contributed by atoms with Crippen molar-refractivity contribution in [3.8, 4) is 0 Å². The first-order valence-electron chi connectivity index (χ1n) is 6.28. The van der Waals surface area contributed by atoms with Gasteiger partial charge in [0.05, 0.1) is 5.51 Å². The minimum absolute atomic E-state index is 0.746. The van der Waals surface area contributed by atoms with E-state index in [0.717, 1.165) is 18.6 Å². The third-order valence-corrected chi connectivity index (χ3v) is 4.58. The molecule has 3 nitrogen and oxygen atoms in total. The van der Waals surface area contributed by atoms with Crippen LogP contribution in [0, 0.1) is 0 Å². The van der Waals surface area contributed by atoms with Gasteiger partial charge in [-0.05, 0) is 38.8 Å². The lowest BCUT2D eigenvalue weighted by molar-refractivity contribution is 0.208. The average molecular weight is 237 g/mol. The zero-order valence-electron chi connectivity index (χ0n) is 9.56. The summed E-state index contributed by atoms with van der Waals surface area (Å²) in [6.07, 6.45) is 7.47. The normalized spacial score (nSPS) is 31.2. The molecule has 1 aromatic heterocycles. The van der Waals surface area contributed by atoms with E-state index in [4.69, 9.17) is 0 Å². The third kappa shape index (κ3) is 2.14. The SMILES string of the molecule is c1ncc(CN2CCCC2C2CCCN2)s1. The maximum Gasteiger partial charge on any atom is 0.0794 e. The van der Waals surface area contributed by atoms with Crippen molar-refractivity contribution < 1.29 is 0 Å². The van der Waals surface area contributed by atoms with Gasteiger partial charge in [0.1, 0.15) is 0 Å². The molecule has 2 fully saturated rings. The molecule has 0 bridgehead atoms. The summed E-state index contributed by atoms with van der Waals surface area (Å²) in [5, 5.41) is 3.65. The highest BCUT2D eigenvalue weighted by Gasteiger charge is 2.33. The van der Waals surface area contributed by atoms with Crippen LogP contribution in [0.4, 0.5) is 0 Å². The summed E-state index contributed by atoms with van der Waals surface area (Å²) in [6, 6.07) is 1.51. The molecule has 0 amide bonds. The number of rotatable bonds is 3. The molecule has 3 rings (SSSR count). The van der Waals surface area contributed by atoms with E-state index in [9.17, 15) is 0 Å². The van der Waals surface area contributed by atoms with Crippen LogP contribution in [-0.2, 0) is 6.54 Å². The molecule has 1 N–H and O–H groups in total. The maximum atomic E-state index is 4.16. The van der Waals surface area contributed by atoms with Gasteiger partial charge in [-0.3, -0.25) is 9.88 Å². The molecule has 4 heteroatoms. The molecular formula is C12H19N3S. The van der Waals surface area contributed by atoms with E-state index in [1.54, 1.807) is 11.3 Å². The highest BCUT2D eigenvalue weighted by Crippen LogP contribution is 2.26. The Morgan fingerprint density at radius 2 is 2.44 bits per heavy atom. The molecule has 0 aromatic carbocycles. The van der Waals surface area contributed by atoms with Gasteiger partial charge in [0, 0.05) is 29.7 Å². The quantitative estimate of drug-likeness (QED) is 0.870. The summed E-state index contributed by atoms with van der Waals surface area (Å²) in [7, 11) is 0. The number of hydrogen-bond donors (Lipinski definition) is 1. The highest BCUT2D eigenvalue weighted by molar-refractivity contribution is 7.09. The van der Waals surface area contributed by atoms with Gasteiger partial charge in [0.2, 0.25) is 0 Å². The minimum Gasteiger partial charge on any atom is -0.312 e. The molecule has 2 aliphatic heterocycles. The Bertz CT molecular complexity index is 319. The Balaban J connectivity index is 1.64. The first kappa shape index (κ1) is 10.7. The zero-order valence-corrected chi connectivity index (χ0v) is 10.4. The summed E-state index contributed by atoms with van der Waals surface area (Å²) in [5.41, 5.74) is 1.94. The van der Waals surface area contributed by atoms with Crippen molar-refractivity contribution in [2.24, 2.45) is 0 Å². The monoisotopic (exact) mass is 237 g/mol. The first-order chi connectivity index (χ1) is 7.93. The molecule has 0 saturated carbocycles. The molecule has 16 heavy (non-hydrogen) atoms. The average Bonchev–Trinajstić information content (AvgIpc) is 2.98. The molecular weight excluding hydrogens is 218 g/mol. The van der Waals surface area contributed by atoms with E-state index in [1.807, 2.05) is 11.7 Å². The van der Waals surface area contributed by atoms with Crippen LogP contribution in [0.3, 0.4) is 0 Å². The minimum atomic E-state index is 0.746. The van der Waals surface area contributed by atoms with Crippen LogP contribution in [0.15, 0.2) is 11.7 Å². The molecule has 0 radical (unpaired) electrons. The molecule has 3 heterocycles. The van der Waals surface area contributed by atoms with Gasteiger partial charge >= 0.3 is 0 Å². The number of hydrogen-bond acceptors (Lipinski definition) is 4. The summed E-state index contributed by atoms with van der Waals surface area (Å²) in [6.45, 7) is 3.59. The van der Waals surface area contributed by atoms with Crippen molar-refractivity contribution in [3.05, 3.63) is 16.6 Å². The summed E-state index contributed by atoms with van der Waals surface area (Å²) in [5.74, 6) is 0. The van der Waals surface area contributed by atoms with Crippen LogP contribution in [0.25, 0.3) is 0 Å². The maximum absolute atomic E-state index is 4.16. The summed E-state index contributed by atoms with van der Waals surface area (Å²) >= 11 is 1.78. The van der Waals surface area contributed by atoms with Gasteiger partial charge in [0.25, 0.3) is 0 Å². The summed E-state index contributed by atoms with van der Waals surface area (Å²) in [4.78, 5) is 8.22. The van der Waals surface area contributed by atoms with Gasteiger partial charge in [0.15, 0.2) is 0 Å². The molecule has 88 valence electrons. The van der Waals surface area contributed by atoms with Gasteiger partial charge < -0.3 is 5.32 Å². The predicted molar refractivity (Wildman–Crippen MR) is 66.6 cm³/mol. The molecule has 2 atom stereocenters. The Morgan fingerprint density at radius 1 is 1.44 bits per heavy atom. The number of likely N-dealkylation sites (tertiary alicyclic amines) is 1. The Hall–Kier alpha value is -0.450. The number of nitrogens with one attached hydrogen (secondary N) is 1. The lowest BCUT2D eigenvalue weighted by Crippen LogP contribution is -2.43. The fraction of sp³-hybridized carbons (Fsp3) is 0.750. The van der Waals surface area contributed by atoms with Crippen LogP contribution < -0.4 is 5.32 Å². The lowest BCUT2D eigenvalue weighted by atomic mass is 10.0. The highest BCUT2D eigenvalue weighted by atomic mass is 32.1. The van der Waals surface area contributed by atoms with Crippen molar-refractivity contribution >= 4 is 11.3 Å². The van der Waals surface area contributed by atoms with Crippen LogP contribution in [0.1, 0.15) is 30.6 Å². The molecule has 2 aliphatic rings. The van der Waals surface area contributed by atoms with Crippen molar-refractivity contribution in [2.45, 2.75) is 44.3 Å². The van der Waals surface area contributed by atoms with E-state index in [2.05, 4.69) is 15.2 Å². The van der Waals surface area contributed by atoms with E-state index in [-0.39, 0.29) is 0 Å². The van der Waals surface area contributed by atoms with E-state index >= 15 is 0 Å². The van der Waals surface area contributed by atoms with Crippen molar-refractivity contribution in [1.29, 1.82) is 0 Å². The molecule has 0 spiro atoms. The van der Waals surface area contributed by atoms with E-state index < -0.39 is 0 Å². The fourth-order valence-corrected chi connectivity index (χ4v) is 3.68. The van der Waals surface area contributed by atoms with Crippen LogP contribution in [-0.4, -0.2) is 35.1 Å². The Labute approximate surface area is 101 Å². The molecule has 2 unspecified atom stereocenters. The standard InChI is InChI=1S/C12H19N3S/c1-3-11(14-5-1)12-4-2-6-15(12)8-10-7-13-9-16-10/h7,9,11-12,14H,1-6,8H2. The fourth-order valence-electron chi connectivity index (χ4n) is 3.06. The number of thiazole rings is 1. The number of aromatic nitrogens is 1.